The number of phenols is 1. The van der Waals surface area contributed by atoms with E-state index < -0.39 is 0 Å². The normalized spacial score (nSPS) is 20.8. The highest BCUT2D eigenvalue weighted by Crippen LogP contribution is 2.53. The minimum absolute atomic E-state index is 0.347. The maximum absolute atomic E-state index is 9.18. The third-order valence-corrected chi connectivity index (χ3v) is 2.64. The second kappa shape index (κ2) is 6.89. The Morgan fingerprint density at radius 2 is 2.22 bits per heavy atom. The van der Waals surface area contributed by atoms with Gasteiger partial charge in [-0.2, -0.15) is 0 Å². The number of hydrogen-bond donors (Lipinski definition) is 1. The van der Waals surface area contributed by atoms with Gasteiger partial charge in [0.25, 0.3) is 6.47 Å². The Morgan fingerprint density at radius 1 is 1.50 bits per heavy atom. The molecule has 100 valence electrons. The van der Waals surface area contributed by atoms with Crippen molar-refractivity contribution in [3.05, 3.63) is 23.8 Å². The highest BCUT2D eigenvalue weighted by molar-refractivity contribution is 5.49. The highest BCUT2D eigenvalue weighted by Gasteiger charge is 2.47. The molecule has 1 aromatic carbocycles. The first-order valence-corrected chi connectivity index (χ1v) is 6.31. The largest absolute Gasteiger partial charge is 0.508 e. The highest BCUT2D eigenvalue weighted by atomic mass is 16.5. The van der Waals surface area contributed by atoms with Gasteiger partial charge in [0.15, 0.2) is 0 Å². The van der Waals surface area contributed by atoms with E-state index in [2.05, 4.69) is 4.74 Å². The molecule has 1 fully saturated rings. The Hall–Kier alpha value is -1.71. The fourth-order valence-electron chi connectivity index (χ4n) is 1.79. The van der Waals surface area contributed by atoms with Crippen molar-refractivity contribution in [1.82, 2.24) is 0 Å². The van der Waals surface area contributed by atoms with Gasteiger partial charge in [-0.25, -0.2) is 0 Å². The Labute approximate surface area is 108 Å². The monoisotopic (exact) mass is 252 g/mol. The molecule has 0 radical (unpaired) electrons. The van der Waals surface area contributed by atoms with Gasteiger partial charge in [0.05, 0.1) is 6.61 Å². The van der Waals surface area contributed by atoms with Gasteiger partial charge in [-0.05, 0) is 31.5 Å². The van der Waals surface area contributed by atoms with Gasteiger partial charge in [0, 0.05) is 11.5 Å². The molecule has 2 atom stereocenters. The van der Waals surface area contributed by atoms with Gasteiger partial charge >= 0.3 is 0 Å². The summed E-state index contributed by atoms with van der Waals surface area (Å²) in [5, 5.41) is 9.18. The van der Waals surface area contributed by atoms with Gasteiger partial charge in [0.1, 0.15) is 17.6 Å². The maximum Gasteiger partial charge on any atom is 0.293 e. The molecular weight excluding hydrogens is 232 g/mol. The third kappa shape index (κ3) is 3.39. The van der Waals surface area contributed by atoms with E-state index in [1.165, 1.54) is 5.56 Å². The lowest BCUT2D eigenvalue weighted by Gasteiger charge is -2.01. The number of phenolic OH excluding ortho intramolecular Hbond substituents is 1. The Bertz CT molecular complexity index is 389. The fourth-order valence-corrected chi connectivity index (χ4v) is 1.79. The number of rotatable bonds is 2. The maximum atomic E-state index is 9.18. The molecule has 4 heteroatoms. The van der Waals surface area contributed by atoms with Crippen LogP contribution in [0.25, 0.3) is 0 Å². The van der Waals surface area contributed by atoms with Crippen LogP contribution in [0.5, 0.6) is 11.5 Å². The van der Waals surface area contributed by atoms with Crippen LogP contribution >= 0.6 is 0 Å². The van der Waals surface area contributed by atoms with Crippen LogP contribution in [0.2, 0.25) is 0 Å². The predicted octanol–water partition coefficient (Wildman–Crippen LogP) is 2.85. The van der Waals surface area contributed by atoms with E-state index in [9.17, 15) is 9.90 Å². The van der Waals surface area contributed by atoms with Crippen LogP contribution in [-0.4, -0.2) is 24.3 Å². The Morgan fingerprint density at radius 3 is 2.78 bits per heavy atom. The number of ether oxygens (including phenoxy) is 2. The smallest absolute Gasteiger partial charge is 0.293 e. The average Bonchev–Trinajstić information content (AvgIpc) is 3.08. The molecule has 2 unspecified atom stereocenters. The minimum atomic E-state index is 0.347. The van der Waals surface area contributed by atoms with Crippen LogP contribution in [-0.2, 0) is 9.53 Å². The van der Waals surface area contributed by atoms with Crippen LogP contribution in [0.4, 0.5) is 0 Å². The molecule has 0 saturated heterocycles. The summed E-state index contributed by atoms with van der Waals surface area (Å²) >= 11 is 0. The van der Waals surface area contributed by atoms with Gasteiger partial charge < -0.3 is 14.6 Å². The van der Waals surface area contributed by atoms with Crippen molar-refractivity contribution >= 4 is 6.47 Å². The molecule has 4 nitrogen and oxygen atoms in total. The van der Waals surface area contributed by atoms with E-state index in [0.717, 1.165) is 12.2 Å². The number of aromatic hydroxyl groups is 1. The number of carbonyl (C=O) groups is 1. The van der Waals surface area contributed by atoms with Crippen molar-refractivity contribution in [2.75, 3.05) is 6.61 Å². The lowest BCUT2D eigenvalue weighted by Crippen LogP contribution is -1.90. The Balaban J connectivity index is 0.000000200. The van der Waals surface area contributed by atoms with Gasteiger partial charge in [-0.15, -0.1) is 0 Å². The van der Waals surface area contributed by atoms with Crippen molar-refractivity contribution < 1.29 is 19.4 Å². The number of benzene rings is 1. The summed E-state index contributed by atoms with van der Waals surface area (Å²) in [5.41, 5.74) is 1.19. The zero-order valence-electron chi connectivity index (χ0n) is 11.1. The van der Waals surface area contributed by atoms with Crippen molar-refractivity contribution in [3.63, 3.8) is 0 Å². The average molecular weight is 252 g/mol. The molecule has 1 heterocycles. The molecule has 1 N–H and O–H groups in total. The van der Waals surface area contributed by atoms with Crippen molar-refractivity contribution in [2.24, 2.45) is 0 Å². The van der Waals surface area contributed by atoms with E-state index in [1.807, 2.05) is 26.0 Å². The lowest BCUT2D eigenvalue weighted by atomic mass is 10.1. The zero-order chi connectivity index (χ0) is 13.5. The van der Waals surface area contributed by atoms with Gasteiger partial charge in [0.2, 0.25) is 0 Å². The molecular formula is C14H20O4. The number of carbonyl (C=O) groups excluding carboxylic acids is 1. The van der Waals surface area contributed by atoms with E-state index in [0.29, 0.717) is 30.9 Å². The number of hydrogen-bond acceptors (Lipinski definition) is 4. The molecule has 3 rings (SSSR count). The molecule has 0 amide bonds. The molecule has 18 heavy (non-hydrogen) atoms. The summed E-state index contributed by atoms with van der Waals surface area (Å²) in [5.74, 6) is 1.89. The van der Waals surface area contributed by atoms with Crippen LogP contribution in [0.3, 0.4) is 0 Å². The second-order valence-electron chi connectivity index (χ2n) is 3.77. The summed E-state index contributed by atoms with van der Waals surface area (Å²) < 4.78 is 9.68. The molecule has 1 aromatic rings. The Kier molecular flexibility index (Phi) is 5.49. The standard InChI is InChI=1S/C9H8O2.C3H6O2.C2H6/c10-5-1-2-8-6(3-5)7-4-9(7)11-8;1-2-5-3-4;1-2/h1-3,7,9-10H,4H2;3H,2H2,1H3;1-2H3. The number of fused-ring (bicyclic) bond motifs is 3. The second-order valence-corrected chi connectivity index (χ2v) is 3.77. The summed E-state index contributed by atoms with van der Waals surface area (Å²) in [6.45, 7) is 6.66. The molecule has 2 aliphatic rings. The third-order valence-electron chi connectivity index (χ3n) is 2.64. The van der Waals surface area contributed by atoms with Crippen molar-refractivity contribution in [1.29, 1.82) is 0 Å². The molecule has 0 spiro atoms. The van der Waals surface area contributed by atoms with E-state index in [-0.39, 0.29) is 0 Å². The summed E-state index contributed by atoms with van der Waals surface area (Å²) in [6.07, 6.45) is 1.56. The first kappa shape index (κ1) is 14.4. The van der Waals surface area contributed by atoms with Gasteiger partial charge in [-0.3, -0.25) is 4.79 Å². The molecule has 1 aliphatic heterocycles. The minimum Gasteiger partial charge on any atom is -0.508 e. The van der Waals surface area contributed by atoms with Crippen LogP contribution in [0, 0.1) is 0 Å². The van der Waals surface area contributed by atoms with Gasteiger partial charge in [-0.1, -0.05) is 13.8 Å². The van der Waals surface area contributed by atoms with Crippen LogP contribution < -0.4 is 4.74 Å². The SMILES string of the molecule is CC.CCOC=O.Oc1ccc2c(c1)C1CC1O2. The van der Waals surface area contributed by atoms with Crippen molar-refractivity contribution in [2.45, 2.75) is 39.2 Å². The zero-order valence-corrected chi connectivity index (χ0v) is 11.1. The first-order valence-electron chi connectivity index (χ1n) is 6.31. The van der Waals surface area contributed by atoms with Crippen LogP contribution in [0.1, 0.15) is 38.7 Å². The van der Waals surface area contributed by atoms with Crippen LogP contribution in [0.15, 0.2) is 18.2 Å². The van der Waals surface area contributed by atoms with E-state index in [1.54, 1.807) is 13.0 Å². The summed E-state index contributed by atoms with van der Waals surface area (Å²) in [4.78, 5) is 9.18. The molecule has 0 aromatic heterocycles. The quantitative estimate of drug-likeness (QED) is 0.822. The summed E-state index contributed by atoms with van der Waals surface area (Å²) in [7, 11) is 0. The fraction of sp³-hybridized carbons (Fsp3) is 0.500. The molecule has 0 bridgehead atoms. The summed E-state index contributed by atoms with van der Waals surface area (Å²) in [6, 6.07) is 5.33. The topological polar surface area (TPSA) is 55.8 Å². The van der Waals surface area contributed by atoms with E-state index in [4.69, 9.17) is 4.74 Å². The van der Waals surface area contributed by atoms with Crippen molar-refractivity contribution in [3.8, 4) is 11.5 Å². The predicted molar refractivity (Wildman–Crippen MR) is 68.9 cm³/mol. The first-order chi connectivity index (χ1) is 8.76. The van der Waals surface area contributed by atoms with E-state index >= 15 is 0 Å². The molecule has 1 aliphatic carbocycles. The molecule has 1 saturated carbocycles. The lowest BCUT2D eigenvalue weighted by molar-refractivity contribution is -0.128.